The summed E-state index contributed by atoms with van der Waals surface area (Å²) in [6, 6.07) is 30.9. The molecule has 0 aliphatic heterocycles. The van der Waals surface area contributed by atoms with Crippen LogP contribution in [0.4, 0.5) is 0 Å². The lowest BCUT2D eigenvalue weighted by Gasteiger charge is -1.99. The van der Waals surface area contributed by atoms with Crippen molar-refractivity contribution >= 4 is 11.4 Å². The molecule has 0 bridgehead atoms. The Morgan fingerprint density at radius 2 is 1.00 bits per heavy atom. The molecule has 3 nitrogen and oxygen atoms in total. The average molecular weight is 395 g/mol. The number of carbonyl (C=O) groups excluding carboxylic acids is 1. The van der Waals surface area contributed by atoms with Crippen molar-refractivity contribution in [2.45, 2.75) is 27.7 Å². The van der Waals surface area contributed by atoms with Gasteiger partial charge in [-0.25, -0.2) is 0 Å². The molecule has 3 aromatic rings. The number of rotatable bonds is 2. The number of nitriles is 2. The second-order valence-corrected chi connectivity index (χ2v) is 6.67. The van der Waals surface area contributed by atoms with Crippen LogP contribution in [-0.2, 0) is 0 Å². The maximum atomic E-state index is 10.6. The fourth-order valence-electron chi connectivity index (χ4n) is 2.33. The van der Waals surface area contributed by atoms with E-state index >= 15 is 0 Å². The molecule has 0 spiro atoms. The highest BCUT2D eigenvalue weighted by Crippen LogP contribution is 2.16. The molecule has 0 fully saturated rings. The third kappa shape index (κ3) is 8.83. The summed E-state index contributed by atoms with van der Waals surface area (Å²) in [6.07, 6.45) is 0. The molecule has 150 valence electrons. The number of benzene rings is 3. The number of allylic oxidation sites excluding steroid dienone is 2. The van der Waals surface area contributed by atoms with E-state index in [1.54, 1.807) is 13.8 Å². The van der Waals surface area contributed by atoms with Gasteiger partial charge in [0.2, 0.25) is 0 Å². The Labute approximate surface area is 179 Å². The lowest BCUT2D eigenvalue weighted by Crippen LogP contribution is -1.88. The molecule has 0 aliphatic carbocycles. The molecule has 3 rings (SSSR count). The molecule has 0 radical (unpaired) electrons. The van der Waals surface area contributed by atoms with Crippen LogP contribution in [0.2, 0.25) is 0 Å². The fraction of sp³-hybridized carbons (Fsp3) is 0.148. The van der Waals surface area contributed by atoms with Gasteiger partial charge in [-0.3, -0.25) is 4.79 Å². The highest BCUT2D eigenvalue weighted by atomic mass is 16.1. The van der Waals surface area contributed by atoms with Crippen LogP contribution in [0.5, 0.6) is 0 Å². The maximum Gasteiger partial charge on any atom is 0.159 e. The van der Waals surface area contributed by atoms with Crippen molar-refractivity contribution < 1.29 is 4.79 Å². The summed E-state index contributed by atoms with van der Waals surface area (Å²) in [5.41, 5.74) is 5.25. The Hall–Kier alpha value is -3.95. The monoisotopic (exact) mass is 394 g/mol. The molecule has 0 atom stereocenters. The molecule has 0 aliphatic rings. The van der Waals surface area contributed by atoms with Crippen LogP contribution in [-0.4, -0.2) is 5.78 Å². The first-order chi connectivity index (χ1) is 14.4. The quantitative estimate of drug-likeness (QED) is 0.359. The highest BCUT2D eigenvalue weighted by Gasteiger charge is 2.01. The Morgan fingerprint density at radius 3 is 1.30 bits per heavy atom. The van der Waals surface area contributed by atoms with Crippen LogP contribution >= 0.6 is 0 Å². The summed E-state index contributed by atoms with van der Waals surface area (Å²) in [7, 11) is 0. The predicted molar refractivity (Wildman–Crippen MR) is 123 cm³/mol. The number of hydrogen-bond acceptors (Lipinski definition) is 3. The Bertz CT molecular complexity index is 999. The van der Waals surface area contributed by atoms with E-state index in [0.717, 1.165) is 16.7 Å². The average Bonchev–Trinajstić information content (AvgIpc) is 2.78. The summed E-state index contributed by atoms with van der Waals surface area (Å²) in [6.45, 7) is 7.53. The van der Waals surface area contributed by atoms with Crippen molar-refractivity contribution in [1.82, 2.24) is 0 Å². The van der Waals surface area contributed by atoms with E-state index in [0.29, 0.717) is 0 Å². The fourth-order valence-corrected chi connectivity index (χ4v) is 2.33. The Kier molecular flexibility index (Phi) is 10.7. The van der Waals surface area contributed by atoms with Gasteiger partial charge in [0, 0.05) is 5.56 Å². The lowest BCUT2D eigenvalue weighted by atomic mass is 10.0. The van der Waals surface area contributed by atoms with Crippen molar-refractivity contribution in [3.8, 4) is 12.1 Å². The van der Waals surface area contributed by atoms with Gasteiger partial charge in [0.1, 0.15) is 17.7 Å². The van der Waals surface area contributed by atoms with E-state index in [1.165, 1.54) is 11.1 Å². The van der Waals surface area contributed by atoms with Crippen LogP contribution in [0.3, 0.4) is 0 Å². The smallest absolute Gasteiger partial charge is 0.159 e. The summed E-state index contributed by atoms with van der Waals surface area (Å²) < 4.78 is 0. The van der Waals surface area contributed by atoms with Crippen molar-refractivity contribution in [1.29, 1.82) is 10.5 Å². The summed E-state index contributed by atoms with van der Waals surface area (Å²) in [4.78, 5) is 10.6. The third-order valence-corrected chi connectivity index (χ3v) is 4.20. The zero-order valence-corrected chi connectivity index (χ0v) is 17.9. The van der Waals surface area contributed by atoms with Gasteiger partial charge in [-0.2, -0.15) is 10.5 Å². The van der Waals surface area contributed by atoms with Gasteiger partial charge in [-0.15, -0.1) is 0 Å². The molecular weight excluding hydrogens is 368 g/mol. The lowest BCUT2D eigenvalue weighted by molar-refractivity contribution is 0.101. The number of nitrogens with zero attached hydrogens (tertiary/aromatic N) is 2. The van der Waals surface area contributed by atoms with Gasteiger partial charge in [0.15, 0.2) is 5.78 Å². The Morgan fingerprint density at radius 1 is 0.633 bits per heavy atom. The van der Waals surface area contributed by atoms with Crippen LogP contribution in [0.25, 0.3) is 5.57 Å². The zero-order valence-electron chi connectivity index (χ0n) is 17.9. The second kappa shape index (κ2) is 13.3. The third-order valence-electron chi connectivity index (χ3n) is 4.20. The maximum absolute atomic E-state index is 10.6. The number of aryl methyl sites for hydroxylation is 2. The molecule has 0 unspecified atom stereocenters. The molecule has 30 heavy (non-hydrogen) atoms. The SMILES string of the molecule is CC(=C(C#N)C#N)c1ccccc1.CC(=O)c1ccccc1.Cc1ccc(C)cc1. The topological polar surface area (TPSA) is 64.7 Å². The van der Waals surface area contributed by atoms with Crippen molar-refractivity contribution in [2.75, 3.05) is 0 Å². The van der Waals surface area contributed by atoms with Gasteiger partial charge in [-0.1, -0.05) is 96.1 Å². The number of ketones is 1. The first-order valence-corrected chi connectivity index (χ1v) is 9.54. The first kappa shape index (κ1) is 24.1. The molecule has 0 saturated heterocycles. The molecule has 0 N–H and O–H groups in total. The largest absolute Gasteiger partial charge is 0.295 e. The van der Waals surface area contributed by atoms with Gasteiger partial charge >= 0.3 is 0 Å². The molecular formula is C27H26N2O. The minimum Gasteiger partial charge on any atom is -0.295 e. The van der Waals surface area contributed by atoms with Crippen LogP contribution in [0.1, 0.15) is 40.9 Å². The number of Topliss-reactive ketones (excluding diaryl/α,β-unsaturated/α-hetero) is 1. The normalized spacial score (nSPS) is 8.73. The first-order valence-electron chi connectivity index (χ1n) is 9.54. The van der Waals surface area contributed by atoms with E-state index in [1.807, 2.05) is 72.8 Å². The second-order valence-electron chi connectivity index (χ2n) is 6.67. The van der Waals surface area contributed by atoms with E-state index in [-0.39, 0.29) is 11.4 Å². The predicted octanol–water partition coefficient (Wildman–Crippen LogP) is 6.70. The molecule has 0 amide bonds. The van der Waals surface area contributed by atoms with Crippen LogP contribution in [0.15, 0.2) is 90.5 Å². The van der Waals surface area contributed by atoms with E-state index in [4.69, 9.17) is 10.5 Å². The minimum absolute atomic E-state index is 0.121. The van der Waals surface area contributed by atoms with E-state index in [9.17, 15) is 4.79 Å². The van der Waals surface area contributed by atoms with Gasteiger partial charge in [-0.05, 0) is 38.8 Å². The summed E-state index contributed by atoms with van der Waals surface area (Å²) in [5.74, 6) is 0.121. The molecule has 0 saturated carbocycles. The highest BCUT2D eigenvalue weighted by molar-refractivity contribution is 5.93. The molecule has 3 aromatic carbocycles. The van der Waals surface area contributed by atoms with Crippen LogP contribution in [0, 0.1) is 36.5 Å². The van der Waals surface area contributed by atoms with Gasteiger partial charge in [0.05, 0.1) is 0 Å². The minimum atomic E-state index is 0.121. The van der Waals surface area contributed by atoms with Gasteiger partial charge in [0.25, 0.3) is 0 Å². The molecule has 3 heteroatoms. The zero-order chi connectivity index (χ0) is 22.4. The van der Waals surface area contributed by atoms with Crippen molar-refractivity contribution in [3.05, 3.63) is 113 Å². The standard InChI is InChI=1S/C11H8N2.C8H8O.C8H10/c1-9(11(7-12)8-13)10-5-3-2-4-6-10;1-7(9)8-5-3-2-4-6-8;1-7-3-5-8(2)6-4-7/h2-6H,1H3;2-6H,1H3;3-6H,1-2H3. The number of carbonyl (C=O) groups is 1. The van der Waals surface area contributed by atoms with Gasteiger partial charge < -0.3 is 0 Å². The van der Waals surface area contributed by atoms with E-state index < -0.39 is 0 Å². The van der Waals surface area contributed by atoms with Crippen molar-refractivity contribution in [2.24, 2.45) is 0 Å². The van der Waals surface area contributed by atoms with E-state index in [2.05, 4.69) is 38.1 Å². The molecule has 0 heterocycles. The summed E-state index contributed by atoms with van der Waals surface area (Å²) >= 11 is 0. The summed E-state index contributed by atoms with van der Waals surface area (Å²) in [5, 5.41) is 17.3. The van der Waals surface area contributed by atoms with Crippen LogP contribution < -0.4 is 0 Å². The van der Waals surface area contributed by atoms with Crippen molar-refractivity contribution in [3.63, 3.8) is 0 Å². The number of hydrogen-bond donors (Lipinski definition) is 0. The Balaban J connectivity index is 0.000000234. The molecule has 0 aromatic heterocycles.